The highest BCUT2D eigenvalue weighted by atomic mass is 16.2. The van der Waals surface area contributed by atoms with Crippen molar-refractivity contribution in [2.45, 2.75) is 19.4 Å². The molecule has 2 aromatic rings. The van der Waals surface area contributed by atoms with Crippen LogP contribution in [-0.2, 0) is 0 Å². The molecule has 0 bridgehead atoms. The van der Waals surface area contributed by atoms with Gasteiger partial charge in [-0.05, 0) is 24.1 Å². The Morgan fingerprint density at radius 2 is 2.00 bits per heavy atom. The van der Waals surface area contributed by atoms with Crippen molar-refractivity contribution in [1.29, 1.82) is 0 Å². The number of aromatic nitrogens is 2. The molecule has 8 N–H and O–H groups in total. The van der Waals surface area contributed by atoms with Crippen LogP contribution in [0, 0.1) is 0 Å². The number of nitrogen functional groups attached to an aromatic ring is 1. The Hall–Kier alpha value is -3.79. The predicted molar refractivity (Wildman–Crippen MR) is 116 cm³/mol. The molecule has 0 saturated heterocycles. The van der Waals surface area contributed by atoms with Crippen molar-refractivity contribution in [2.75, 3.05) is 18.8 Å². The van der Waals surface area contributed by atoms with Gasteiger partial charge in [-0.3, -0.25) is 14.6 Å². The van der Waals surface area contributed by atoms with Crippen LogP contribution in [0.1, 0.15) is 45.8 Å². The van der Waals surface area contributed by atoms with Gasteiger partial charge in [-0.15, -0.1) is 0 Å². The summed E-state index contributed by atoms with van der Waals surface area (Å²) in [6.45, 7) is 2.78. The van der Waals surface area contributed by atoms with Crippen LogP contribution in [0.2, 0.25) is 0 Å². The quantitative estimate of drug-likeness (QED) is 0.374. The maximum absolute atomic E-state index is 12.3. The van der Waals surface area contributed by atoms with E-state index in [4.69, 9.17) is 17.2 Å². The topological polar surface area (TPSA) is 174 Å². The Morgan fingerprint density at radius 3 is 2.67 bits per heavy atom. The molecule has 1 atom stereocenters. The van der Waals surface area contributed by atoms with E-state index in [-0.39, 0.29) is 29.7 Å². The van der Waals surface area contributed by atoms with Crippen molar-refractivity contribution in [3.05, 3.63) is 65.4 Å². The molecular formula is C20H26N8O2. The van der Waals surface area contributed by atoms with Gasteiger partial charge in [0.1, 0.15) is 0 Å². The molecule has 10 nitrogen and oxygen atoms in total. The fourth-order valence-electron chi connectivity index (χ4n) is 2.51. The summed E-state index contributed by atoms with van der Waals surface area (Å²) in [5.74, 6) is -0.723. The van der Waals surface area contributed by atoms with Crippen LogP contribution in [0.15, 0.2) is 53.5 Å². The molecule has 1 aromatic carbocycles. The standard InChI is InChI=1S/C20H26N8O2/c1-2-6-26-19(29)14-5-3-4-13(9-14)16(11-22)27-12-15(10-21)28-20(30)17-18(23)25-8-7-24-17/h3-5,7-10,12,16H,2,6,11,21-22H2,1H3,(H2,23,25)(H,26,29)(H,28,30)/b15-10+,27-12?. The third-order valence-corrected chi connectivity index (χ3v) is 4.07. The van der Waals surface area contributed by atoms with Crippen LogP contribution in [0.4, 0.5) is 5.82 Å². The minimum absolute atomic E-state index is 0.00121. The summed E-state index contributed by atoms with van der Waals surface area (Å²) < 4.78 is 0. The van der Waals surface area contributed by atoms with Gasteiger partial charge in [0.05, 0.1) is 11.7 Å². The van der Waals surface area contributed by atoms with Crippen LogP contribution in [0.25, 0.3) is 0 Å². The normalized spacial score (nSPS) is 12.5. The number of anilines is 1. The van der Waals surface area contributed by atoms with E-state index in [9.17, 15) is 9.59 Å². The zero-order chi connectivity index (χ0) is 21.9. The lowest BCUT2D eigenvalue weighted by Crippen LogP contribution is -2.27. The summed E-state index contributed by atoms with van der Waals surface area (Å²) >= 11 is 0. The minimum atomic E-state index is -0.567. The van der Waals surface area contributed by atoms with Crippen molar-refractivity contribution in [3.63, 3.8) is 0 Å². The van der Waals surface area contributed by atoms with Crippen molar-refractivity contribution in [1.82, 2.24) is 20.6 Å². The SMILES string of the molecule is CCCNC(=O)c1cccc(C(CN)N=C/C(=C\N)NC(=O)c2nccnc2N)c1. The fourth-order valence-corrected chi connectivity index (χ4v) is 2.51. The predicted octanol–water partition coefficient (Wildman–Crippen LogP) is 0.499. The number of nitrogens with one attached hydrogen (secondary N) is 2. The summed E-state index contributed by atoms with van der Waals surface area (Å²) in [4.78, 5) is 36.6. The zero-order valence-corrected chi connectivity index (χ0v) is 16.7. The first-order valence-corrected chi connectivity index (χ1v) is 9.41. The lowest BCUT2D eigenvalue weighted by molar-refractivity contribution is 0.0949. The number of allylic oxidation sites excluding steroid dienone is 1. The van der Waals surface area contributed by atoms with E-state index in [2.05, 4.69) is 25.6 Å². The van der Waals surface area contributed by atoms with Gasteiger partial charge in [-0.25, -0.2) is 9.97 Å². The monoisotopic (exact) mass is 410 g/mol. The summed E-state index contributed by atoms with van der Waals surface area (Å²) in [6.07, 6.45) is 6.18. The highest BCUT2D eigenvalue weighted by Gasteiger charge is 2.14. The van der Waals surface area contributed by atoms with E-state index in [1.54, 1.807) is 18.2 Å². The molecule has 10 heteroatoms. The van der Waals surface area contributed by atoms with Crippen molar-refractivity contribution in [3.8, 4) is 0 Å². The van der Waals surface area contributed by atoms with Crippen LogP contribution in [-0.4, -0.2) is 41.1 Å². The van der Waals surface area contributed by atoms with E-state index in [0.29, 0.717) is 12.1 Å². The number of nitrogens with zero attached hydrogens (tertiary/aromatic N) is 3. The Morgan fingerprint density at radius 1 is 1.23 bits per heavy atom. The molecule has 2 amide bonds. The number of hydrogen-bond acceptors (Lipinski definition) is 8. The van der Waals surface area contributed by atoms with Crippen molar-refractivity contribution in [2.24, 2.45) is 16.5 Å². The second kappa shape index (κ2) is 11.3. The largest absolute Gasteiger partial charge is 0.403 e. The first-order chi connectivity index (χ1) is 14.5. The van der Waals surface area contributed by atoms with Gasteiger partial charge in [0, 0.05) is 43.5 Å². The number of benzene rings is 1. The van der Waals surface area contributed by atoms with Crippen molar-refractivity contribution < 1.29 is 9.59 Å². The molecule has 1 unspecified atom stereocenters. The molecule has 1 aromatic heterocycles. The van der Waals surface area contributed by atoms with Gasteiger partial charge in [-0.2, -0.15) is 0 Å². The average Bonchev–Trinajstić information content (AvgIpc) is 2.77. The van der Waals surface area contributed by atoms with Crippen LogP contribution < -0.4 is 27.8 Å². The summed E-state index contributed by atoms with van der Waals surface area (Å²) in [6, 6.07) is 6.63. The average molecular weight is 410 g/mol. The molecule has 0 radical (unpaired) electrons. The van der Waals surface area contributed by atoms with E-state index >= 15 is 0 Å². The molecule has 0 fully saturated rings. The van der Waals surface area contributed by atoms with Gasteiger partial charge in [0.25, 0.3) is 11.8 Å². The lowest BCUT2D eigenvalue weighted by Gasteiger charge is -2.13. The molecule has 0 aliphatic carbocycles. The molecule has 30 heavy (non-hydrogen) atoms. The molecule has 2 rings (SSSR count). The molecule has 0 spiro atoms. The number of hydrogen-bond donors (Lipinski definition) is 5. The van der Waals surface area contributed by atoms with Crippen LogP contribution >= 0.6 is 0 Å². The lowest BCUT2D eigenvalue weighted by atomic mass is 10.0. The second-order valence-electron chi connectivity index (χ2n) is 6.28. The molecule has 0 aliphatic rings. The minimum Gasteiger partial charge on any atom is -0.403 e. The van der Waals surface area contributed by atoms with Gasteiger partial charge < -0.3 is 27.8 Å². The number of amides is 2. The summed E-state index contributed by atoms with van der Waals surface area (Å²) in [5, 5.41) is 5.40. The van der Waals surface area contributed by atoms with Gasteiger partial charge in [-0.1, -0.05) is 19.1 Å². The van der Waals surface area contributed by atoms with Gasteiger partial charge in [0.15, 0.2) is 11.5 Å². The molecule has 0 saturated carbocycles. The maximum atomic E-state index is 12.3. The fraction of sp³-hybridized carbons (Fsp3) is 0.250. The molecule has 1 heterocycles. The zero-order valence-electron chi connectivity index (χ0n) is 16.7. The highest BCUT2D eigenvalue weighted by molar-refractivity contribution is 6.00. The third-order valence-electron chi connectivity index (χ3n) is 4.07. The number of nitrogens with two attached hydrogens (primary N) is 3. The molecular weight excluding hydrogens is 384 g/mol. The smallest absolute Gasteiger partial charge is 0.278 e. The third kappa shape index (κ3) is 6.11. The number of carbonyl (C=O) groups is 2. The Labute approximate surface area is 174 Å². The summed E-state index contributed by atoms with van der Waals surface area (Å²) in [5.41, 5.74) is 18.6. The Kier molecular flexibility index (Phi) is 8.45. The van der Waals surface area contributed by atoms with E-state index in [1.807, 2.05) is 13.0 Å². The maximum Gasteiger partial charge on any atom is 0.278 e. The molecule has 158 valence electrons. The first kappa shape index (κ1) is 22.5. The number of aliphatic imine (C=N–C) groups is 1. The van der Waals surface area contributed by atoms with E-state index in [0.717, 1.165) is 12.0 Å². The van der Waals surface area contributed by atoms with E-state index < -0.39 is 11.9 Å². The van der Waals surface area contributed by atoms with Crippen LogP contribution in [0.5, 0.6) is 0 Å². The van der Waals surface area contributed by atoms with Gasteiger partial charge >= 0.3 is 0 Å². The Balaban J connectivity index is 2.13. The van der Waals surface area contributed by atoms with Crippen molar-refractivity contribution >= 4 is 23.8 Å². The highest BCUT2D eigenvalue weighted by Crippen LogP contribution is 2.18. The first-order valence-electron chi connectivity index (χ1n) is 9.41. The number of carbonyl (C=O) groups excluding carboxylic acids is 2. The second-order valence-corrected chi connectivity index (χ2v) is 6.28. The Bertz CT molecular complexity index is 942. The van der Waals surface area contributed by atoms with E-state index in [1.165, 1.54) is 24.8 Å². The number of rotatable bonds is 9. The molecule has 0 aliphatic heterocycles. The summed E-state index contributed by atoms with van der Waals surface area (Å²) in [7, 11) is 0. The van der Waals surface area contributed by atoms with Gasteiger partial charge in [0.2, 0.25) is 0 Å². The van der Waals surface area contributed by atoms with Crippen LogP contribution in [0.3, 0.4) is 0 Å².